The van der Waals surface area contributed by atoms with Crippen molar-refractivity contribution in [3.8, 4) is 5.75 Å². The summed E-state index contributed by atoms with van der Waals surface area (Å²) in [6.45, 7) is 0. The van der Waals surface area contributed by atoms with E-state index < -0.39 is 11.8 Å². The van der Waals surface area contributed by atoms with E-state index in [1.165, 1.54) is 18.4 Å². The number of halogens is 1. The Morgan fingerprint density at radius 2 is 1.62 bits per heavy atom. The van der Waals surface area contributed by atoms with Crippen LogP contribution in [0.5, 0.6) is 5.75 Å². The molecule has 0 atom stereocenters. The number of benzene rings is 3. The van der Waals surface area contributed by atoms with Crippen molar-refractivity contribution in [2.24, 2.45) is 5.10 Å². The van der Waals surface area contributed by atoms with E-state index in [0.717, 1.165) is 10.0 Å². The number of hydrogen-bond acceptors (Lipinski definition) is 4. The van der Waals surface area contributed by atoms with Crippen LogP contribution in [0.2, 0.25) is 0 Å². The quantitative estimate of drug-likeness (QED) is 0.195. The van der Waals surface area contributed by atoms with Crippen LogP contribution in [0.4, 0.5) is 0 Å². The molecule has 0 saturated heterocycles. The van der Waals surface area contributed by atoms with E-state index in [1.54, 1.807) is 48.5 Å². The van der Waals surface area contributed by atoms with E-state index in [1.807, 2.05) is 36.4 Å². The maximum atomic E-state index is 12.7. The summed E-state index contributed by atoms with van der Waals surface area (Å²) in [6.07, 6.45) is 6.29. The molecule has 0 fully saturated rings. The highest BCUT2D eigenvalue weighted by atomic mass is 79.9. The van der Waals surface area contributed by atoms with Crippen LogP contribution in [0.25, 0.3) is 6.08 Å². The van der Waals surface area contributed by atoms with E-state index in [9.17, 15) is 14.7 Å². The molecule has 0 spiro atoms. The van der Waals surface area contributed by atoms with Gasteiger partial charge in [0.05, 0.1) is 6.21 Å². The van der Waals surface area contributed by atoms with Gasteiger partial charge < -0.3 is 10.4 Å². The van der Waals surface area contributed by atoms with Gasteiger partial charge in [0.1, 0.15) is 11.4 Å². The van der Waals surface area contributed by atoms with Gasteiger partial charge in [-0.05, 0) is 42.0 Å². The Morgan fingerprint density at radius 1 is 0.938 bits per heavy atom. The maximum Gasteiger partial charge on any atom is 0.287 e. The Morgan fingerprint density at radius 3 is 2.34 bits per heavy atom. The highest BCUT2D eigenvalue weighted by Crippen LogP contribution is 2.19. The fourth-order valence-corrected chi connectivity index (χ4v) is 3.01. The van der Waals surface area contributed by atoms with Crippen LogP contribution < -0.4 is 10.7 Å². The third-order valence-electron chi connectivity index (χ3n) is 4.24. The van der Waals surface area contributed by atoms with Crippen LogP contribution in [-0.2, 0) is 4.79 Å². The van der Waals surface area contributed by atoms with E-state index >= 15 is 0 Å². The molecule has 0 radical (unpaired) electrons. The Labute approximate surface area is 194 Å². The summed E-state index contributed by atoms with van der Waals surface area (Å²) in [4.78, 5) is 25.2. The van der Waals surface area contributed by atoms with Gasteiger partial charge in [0.15, 0.2) is 0 Å². The van der Waals surface area contributed by atoms with Crippen molar-refractivity contribution in [1.82, 2.24) is 10.7 Å². The average Bonchev–Trinajstić information content (AvgIpc) is 2.81. The molecule has 2 amide bonds. The number of hydrazone groups is 1. The number of amides is 2. The molecule has 0 heterocycles. The fraction of sp³-hybridized carbons (Fsp3) is 0. The number of nitrogens with zero attached hydrogens (tertiary/aromatic N) is 1. The lowest BCUT2D eigenvalue weighted by Crippen LogP contribution is -2.32. The molecule has 0 aliphatic heterocycles. The zero-order valence-electron chi connectivity index (χ0n) is 16.9. The van der Waals surface area contributed by atoms with Gasteiger partial charge in [0.2, 0.25) is 0 Å². The average molecular weight is 490 g/mol. The van der Waals surface area contributed by atoms with Gasteiger partial charge >= 0.3 is 0 Å². The third-order valence-corrected chi connectivity index (χ3v) is 4.73. The van der Waals surface area contributed by atoms with Gasteiger partial charge in [-0.25, -0.2) is 5.43 Å². The number of aromatic hydroxyl groups is 1. The summed E-state index contributed by atoms with van der Waals surface area (Å²) in [7, 11) is 0. The molecule has 32 heavy (non-hydrogen) atoms. The highest BCUT2D eigenvalue weighted by molar-refractivity contribution is 9.10. The lowest BCUT2D eigenvalue weighted by Gasteiger charge is -2.08. The summed E-state index contributed by atoms with van der Waals surface area (Å²) in [5, 5.41) is 16.4. The summed E-state index contributed by atoms with van der Waals surface area (Å²) >= 11 is 3.31. The van der Waals surface area contributed by atoms with Crippen LogP contribution in [-0.4, -0.2) is 23.1 Å². The van der Waals surface area contributed by atoms with Crippen LogP contribution in [0, 0.1) is 0 Å². The number of rotatable bonds is 7. The minimum atomic E-state index is -0.613. The Bertz CT molecular complexity index is 1170. The van der Waals surface area contributed by atoms with Crippen molar-refractivity contribution >= 4 is 40.0 Å². The summed E-state index contributed by atoms with van der Waals surface area (Å²) in [5.74, 6) is -1.02. The molecule has 3 rings (SSSR count). The number of allylic oxidation sites excluding steroid dienone is 2. The number of phenolic OH excluding ortho intramolecular Hbond substituents is 1. The minimum absolute atomic E-state index is 0.0154. The molecule has 0 aliphatic rings. The molecule has 0 aliphatic carbocycles. The van der Waals surface area contributed by atoms with Crippen molar-refractivity contribution in [1.29, 1.82) is 0 Å². The van der Waals surface area contributed by atoms with E-state index in [-0.39, 0.29) is 11.4 Å². The molecule has 0 bridgehead atoms. The zero-order valence-corrected chi connectivity index (χ0v) is 18.5. The second-order valence-corrected chi connectivity index (χ2v) is 7.49. The predicted octanol–water partition coefficient (Wildman–Crippen LogP) is 4.63. The number of phenols is 1. The number of nitrogens with one attached hydrogen (secondary N) is 2. The van der Waals surface area contributed by atoms with E-state index in [4.69, 9.17) is 0 Å². The topological polar surface area (TPSA) is 90.8 Å². The number of carbonyl (C=O) groups excluding carboxylic acids is 2. The first kappa shape index (κ1) is 22.7. The van der Waals surface area contributed by atoms with Crippen LogP contribution in [0.3, 0.4) is 0 Å². The SMILES string of the molecule is O=C(N/N=C/c1cc(Br)ccc1O)C(=CC=Cc1ccccc1)NC(=O)c1ccccc1. The lowest BCUT2D eigenvalue weighted by molar-refractivity contribution is -0.117. The predicted molar refractivity (Wildman–Crippen MR) is 129 cm³/mol. The lowest BCUT2D eigenvalue weighted by atomic mass is 10.2. The number of hydrogen-bond donors (Lipinski definition) is 3. The molecule has 0 saturated carbocycles. The monoisotopic (exact) mass is 489 g/mol. The zero-order chi connectivity index (χ0) is 22.8. The van der Waals surface area contributed by atoms with Crippen molar-refractivity contribution in [3.63, 3.8) is 0 Å². The van der Waals surface area contributed by atoms with E-state index in [0.29, 0.717) is 11.1 Å². The van der Waals surface area contributed by atoms with Crippen molar-refractivity contribution in [2.75, 3.05) is 0 Å². The van der Waals surface area contributed by atoms with Gasteiger partial charge in [-0.15, -0.1) is 0 Å². The summed E-state index contributed by atoms with van der Waals surface area (Å²) < 4.78 is 0.754. The molecule has 160 valence electrons. The first-order valence-electron chi connectivity index (χ1n) is 9.64. The van der Waals surface area contributed by atoms with E-state index in [2.05, 4.69) is 31.8 Å². The molecule has 0 aromatic heterocycles. The third kappa shape index (κ3) is 6.78. The van der Waals surface area contributed by atoms with Crippen LogP contribution >= 0.6 is 15.9 Å². The van der Waals surface area contributed by atoms with Gasteiger partial charge in [-0.3, -0.25) is 9.59 Å². The fourth-order valence-electron chi connectivity index (χ4n) is 2.63. The largest absolute Gasteiger partial charge is 0.507 e. The molecule has 7 heteroatoms. The second kappa shape index (κ2) is 11.4. The van der Waals surface area contributed by atoms with Crippen molar-refractivity contribution in [2.45, 2.75) is 0 Å². The van der Waals surface area contributed by atoms with Crippen LogP contribution in [0.1, 0.15) is 21.5 Å². The summed E-state index contributed by atoms with van der Waals surface area (Å²) in [6, 6.07) is 23.0. The molecule has 6 nitrogen and oxygen atoms in total. The van der Waals surface area contributed by atoms with Crippen molar-refractivity contribution < 1.29 is 14.7 Å². The summed E-state index contributed by atoms with van der Waals surface area (Å²) in [5.41, 5.74) is 4.17. The molecule has 3 aromatic rings. The Kier molecular flexibility index (Phi) is 8.11. The first-order chi connectivity index (χ1) is 15.5. The molecule has 3 aromatic carbocycles. The normalized spacial score (nSPS) is 11.6. The number of carbonyl (C=O) groups is 2. The van der Waals surface area contributed by atoms with Crippen LogP contribution in [0.15, 0.2) is 106 Å². The first-order valence-corrected chi connectivity index (χ1v) is 10.4. The van der Waals surface area contributed by atoms with Gasteiger partial charge in [-0.2, -0.15) is 5.10 Å². The maximum absolute atomic E-state index is 12.7. The van der Waals surface area contributed by atoms with Gasteiger partial charge in [0.25, 0.3) is 11.8 Å². The standard InChI is InChI=1S/C25H20BrN3O3/c26-21-14-15-23(30)20(16-21)17-27-29-25(32)22(13-7-10-18-8-3-1-4-9-18)28-24(31)19-11-5-2-6-12-19/h1-17,30H,(H,28,31)(H,29,32)/b10-7?,22-13?,27-17+. The molecular weight excluding hydrogens is 470 g/mol. The Hall–Kier alpha value is -3.97. The molecular formula is C25H20BrN3O3. The minimum Gasteiger partial charge on any atom is -0.507 e. The second-order valence-electron chi connectivity index (χ2n) is 6.57. The smallest absolute Gasteiger partial charge is 0.287 e. The molecule has 0 unspecified atom stereocenters. The van der Waals surface area contributed by atoms with Gasteiger partial charge in [-0.1, -0.05) is 76.6 Å². The Balaban J connectivity index is 1.77. The van der Waals surface area contributed by atoms with Gasteiger partial charge in [0, 0.05) is 15.6 Å². The highest BCUT2D eigenvalue weighted by Gasteiger charge is 2.13. The molecule has 3 N–H and O–H groups in total. The van der Waals surface area contributed by atoms with Crippen molar-refractivity contribution in [3.05, 3.63) is 118 Å².